The Bertz CT molecular complexity index is 693. The number of amides is 1. The van der Waals surface area contributed by atoms with E-state index >= 15 is 0 Å². The van der Waals surface area contributed by atoms with Gasteiger partial charge in [-0.05, 0) is 47.1 Å². The highest BCUT2D eigenvalue weighted by Gasteiger charge is 2.24. The minimum Gasteiger partial charge on any atom is -0.444 e. The van der Waals surface area contributed by atoms with Gasteiger partial charge in [-0.3, -0.25) is 10.1 Å². The Labute approximate surface area is 166 Å². The number of rotatable bonds is 7. The Morgan fingerprint density at radius 2 is 1.75 bits per heavy atom. The minimum absolute atomic E-state index is 0.0488. The number of benzene rings is 1. The second kappa shape index (κ2) is 9.91. The minimum atomic E-state index is -0.564. The fraction of sp³-hybridized carbons (Fsp3) is 0.579. The molecule has 1 aromatic carbocycles. The van der Waals surface area contributed by atoms with Gasteiger partial charge in [0.1, 0.15) is 5.60 Å². The van der Waals surface area contributed by atoms with E-state index in [4.69, 9.17) is 4.74 Å². The van der Waals surface area contributed by atoms with E-state index < -0.39 is 22.2 Å². The Hall–Kier alpha value is -2.84. The first kappa shape index (κ1) is 23.2. The molecule has 0 aliphatic rings. The average Bonchev–Trinajstić information content (AvgIpc) is 2.55. The number of nitro benzene ring substituents is 1. The summed E-state index contributed by atoms with van der Waals surface area (Å²) in [5.41, 5.74) is -0.220. The second-order valence-corrected chi connectivity index (χ2v) is 7.98. The molecule has 9 nitrogen and oxygen atoms in total. The molecule has 1 rings (SSSR count). The van der Waals surface area contributed by atoms with E-state index in [0.29, 0.717) is 25.6 Å². The predicted octanol–water partition coefficient (Wildman–Crippen LogP) is 2.95. The van der Waals surface area contributed by atoms with Crippen molar-refractivity contribution in [1.29, 1.82) is 0 Å². The summed E-state index contributed by atoms with van der Waals surface area (Å²) in [7, 11) is 0. The summed E-state index contributed by atoms with van der Waals surface area (Å²) in [6, 6.07) is 6.27. The SMILES string of the molecule is CCNC(=NCc1ccc([N+](=O)[O-])cc1)NCC(C)(C)NC(=O)OC(C)(C)C. The number of alkyl carbamates (subject to hydrolysis) is 1. The lowest BCUT2D eigenvalue weighted by molar-refractivity contribution is -0.384. The zero-order chi connectivity index (χ0) is 21.4. The van der Waals surface area contributed by atoms with Crippen LogP contribution in [0.2, 0.25) is 0 Å². The number of nitrogens with one attached hydrogen (secondary N) is 3. The Morgan fingerprint density at radius 3 is 2.25 bits per heavy atom. The Morgan fingerprint density at radius 1 is 1.14 bits per heavy atom. The van der Waals surface area contributed by atoms with Gasteiger partial charge >= 0.3 is 6.09 Å². The van der Waals surface area contributed by atoms with E-state index in [9.17, 15) is 14.9 Å². The smallest absolute Gasteiger partial charge is 0.408 e. The van der Waals surface area contributed by atoms with Crippen molar-refractivity contribution >= 4 is 17.7 Å². The molecule has 0 aliphatic carbocycles. The van der Waals surface area contributed by atoms with Crippen LogP contribution >= 0.6 is 0 Å². The molecule has 0 atom stereocenters. The van der Waals surface area contributed by atoms with Gasteiger partial charge in [0, 0.05) is 25.2 Å². The van der Waals surface area contributed by atoms with Crippen molar-refractivity contribution < 1.29 is 14.5 Å². The van der Waals surface area contributed by atoms with Crippen LogP contribution in [0.1, 0.15) is 47.1 Å². The number of nitrogens with zero attached hydrogens (tertiary/aromatic N) is 2. The first-order valence-electron chi connectivity index (χ1n) is 9.18. The molecule has 0 heterocycles. The van der Waals surface area contributed by atoms with Gasteiger partial charge in [0.15, 0.2) is 5.96 Å². The third kappa shape index (κ3) is 9.20. The van der Waals surface area contributed by atoms with Crippen LogP contribution in [-0.2, 0) is 11.3 Å². The van der Waals surface area contributed by atoms with Gasteiger partial charge in [0.2, 0.25) is 0 Å². The zero-order valence-corrected chi connectivity index (χ0v) is 17.5. The molecule has 0 fully saturated rings. The summed E-state index contributed by atoms with van der Waals surface area (Å²) in [6.07, 6.45) is -0.480. The van der Waals surface area contributed by atoms with E-state index in [1.54, 1.807) is 12.1 Å². The summed E-state index contributed by atoms with van der Waals surface area (Å²) in [5, 5.41) is 19.9. The van der Waals surface area contributed by atoms with Crippen molar-refractivity contribution in [3.05, 3.63) is 39.9 Å². The van der Waals surface area contributed by atoms with Crippen molar-refractivity contribution in [1.82, 2.24) is 16.0 Å². The van der Waals surface area contributed by atoms with Gasteiger partial charge in [0.05, 0.1) is 17.0 Å². The van der Waals surface area contributed by atoms with Crippen LogP contribution < -0.4 is 16.0 Å². The molecular weight excluding hydrogens is 362 g/mol. The lowest BCUT2D eigenvalue weighted by Gasteiger charge is -2.29. The van der Waals surface area contributed by atoms with E-state index in [1.807, 2.05) is 41.5 Å². The van der Waals surface area contributed by atoms with E-state index in [-0.39, 0.29) is 5.69 Å². The molecule has 156 valence electrons. The lowest BCUT2D eigenvalue weighted by Crippen LogP contribution is -2.54. The van der Waals surface area contributed by atoms with Crippen LogP contribution in [-0.4, -0.2) is 41.2 Å². The van der Waals surface area contributed by atoms with Crippen LogP contribution in [0.5, 0.6) is 0 Å². The van der Waals surface area contributed by atoms with Crippen molar-refractivity contribution in [3.8, 4) is 0 Å². The quantitative estimate of drug-likeness (QED) is 0.284. The molecule has 0 radical (unpaired) electrons. The molecule has 0 bridgehead atoms. The normalized spacial score (nSPS) is 12.3. The monoisotopic (exact) mass is 393 g/mol. The molecule has 0 spiro atoms. The number of hydrogen-bond acceptors (Lipinski definition) is 5. The number of aliphatic imine (C=N–C) groups is 1. The number of non-ortho nitro benzene ring substituents is 1. The van der Waals surface area contributed by atoms with Gasteiger partial charge in [-0.1, -0.05) is 12.1 Å². The van der Waals surface area contributed by atoms with E-state index in [2.05, 4.69) is 20.9 Å². The topological polar surface area (TPSA) is 118 Å². The fourth-order valence-corrected chi connectivity index (χ4v) is 2.16. The second-order valence-electron chi connectivity index (χ2n) is 7.98. The van der Waals surface area contributed by atoms with E-state index in [1.165, 1.54) is 12.1 Å². The summed E-state index contributed by atoms with van der Waals surface area (Å²) in [4.78, 5) is 26.7. The molecule has 0 unspecified atom stereocenters. The number of carbonyl (C=O) groups excluding carboxylic acids is 1. The van der Waals surface area contributed by atoms with Gasteiger partial charge in [-0.15, -0.1) is 0 Å². The molecule has 3 N–H and O–H groups in total. The van der Waals surface area contributed by atoms with Gasteiger partial charge in [0.25, 0.3) is 5.69 Å². The summed E-state index contributed by atoms with van der Waals surface area (Å²) < 4.78 is 5.29. The maximum atomic E-state index is 12.0. The molecule has 0 aliphatic heterocycles. The Kier molecular flexibility index (Phi) is 8.21. The van der Waals surface area contributed by atoms with Crippen molar-refractivity contribution in [2.45, 2.75) is 59.2 Å². The highest BCUT2D eigenvalue weighted by atomic mass is 16.6. The zero-order valence-electron chi connectivity index (χ0n) is 17.5. The Balaban J connectivity index is 2.66. The maximum Gasteiger partial charge on any atom is 0.408 e. The third-order valence-electron chi connectivity index (χ3n) is 3.45. The van der Waals surface area contributed by atoms with Crippen LogP contribution in [0.3, 0.4) is 0 Å². The number of carbonyl (C=O) groups is 1. The van der Waals surface area contributed by atoms with Crippen molar-refractivity contribution in [2.75, 3.05) is 13.1 Å². The number of nitro groups is 1. The molecule has 9 heteroatoms. The predicted molar refractivity (Wildman–Crippen MR) is 109 cm³/mol. The standard InChI is InChI=1S/C19H31N5O4/c1-7-20-16(21-12-14-8-10-15(11-9-14)24(26)27)22-13-19(5,6)23-17(25)28-18(2,3)4/h8-11H,7,12-13H2,1-6H3,(H,23,25)(H2,20,21,22). The molecular formula is C19H31N5O4. The molecule has 0 aromatic heterocycles. The van der Waals surface area contributed by atoms with Gasteiger partial charge in [-0.25, -0.2) is 9.79 Å². The lowest BCUT2D eigenvalue weighted by atomic mass is 10.1. The van der Waals surface area contributed by atoms with Crippen LogP contribution in [0.25, 0.3) is 0 Å². The largest absolute Gasteiger partial charge is 0.444 e. The first-order valence-corrected chi connectivity index (χ1v) is 9.18. The van der Waals surface area contributed by atoms with Gasteiger partial charge < -0.3 is 20.7 Å². The van der Waals surface area contributed by atoms with Crippen molar-refractivity contribution in [2.24, 2.45) is 4.99 Å². The van der Waals surface area contributed by atoms with Crippen LogP contribution in [0.4, 0.5) is 10.5 Å². The summed E-state index contributed by atoms with van der Waals surface area (Å²) in [6.45, 7) is 12.6. The van der Waals surface area contributed by atoms with Crippen molar-refractivity contribution in [3.63, 3.8) is 0 Å². The molecule has 0 saturated carbocycles. The summed E-state index contributed by atoms with van der Waals surface area (Å²) in [5.74, 6) is 0.583. The fourth-order valence-electron chi connectivity index (χ4n) is 2.16. The average molecular weight is 393 g/mol. The highest BCUT2D eigenvalue weighted by molar-refractivity contribution is 5.80. The molecule has 0 saturated heterocycles. The van der Waals surface area contributed by atoms with Gasteiger partial charge in [-0.2, -0.15) is 0 Å². The molecule has 1 aromatic rings. The number of ether oxygens (including phenoxy) is 1. The molecule has 28 heavy (non-hydrogen) atoms. The number of guanidine groups is 1. The first-order chi connectivity index (χ1) is 12.9. The van der Waals surface area contributed by atoms with E-state index in [0.717, 1.165) is 5.56 Å². The van der Waals surface area contributed by atoms with Crippen LogP contribution in [0, 0.1) is 10.1 Å². The number of hydrogen-bond donors (Lipinski definition) is 3. The molecule has 1 amide bonds. The third-order valence-corrected chi connectivity index (χ3v) is 3.45. The van der Waals surface area contributed by atoms with Crippen LogP contribution in [0.15, 0.2) is 29.3 Å². The maximum absolute atomic E-state index is 12.0. The summed E-state index contributed by atoms with van der Waals surface area (Å²) >= 11 is 0. The highest BCUT2D eigenvalue weighted by Crippen LogP contribution is 2.12.